The number of carbonyl (C=O) groups is 1. The summed E-state index contributed by atoms with van der Waals surface area (Å²) in [5.74, 6) is -0.535. The Morgan fingerprint density at radius 2 is 1.83 bits per heavy atom. The highest BCUT2D eigenvalue weighted by molar-refractivity contribution is 5.80. The van der Waals surface area contributed by atoms with E-state index >= 15 is 0 Å². The molecule has 0 spiro atoms. The van der Waals surface area contributed by atoms with Crippen molar-refractivity contribution in [3.8, 4) is 0 Å². The molecule has 0 aromatic carbocycles. The number of hydrogen-bond acceptors (Lipinski definition) is 3. The van der Waals surface area contributed by atoms with E-state index in [9.17, 15) is 4.79 Å². The summed E-state index contributed by atoms with van der Waals surface area (Å²) >= 11 is 0. The van der Waals surface area contributed by atoms with Gasteiger partial charge in [-0.05, 0) is 27.7 Å². The summed E-state index contributed by atoms with van der Waals surface area (Å²) in [6.45, 7) is 7.44. The van der Waals surface area contributed by atoms with Gasteiger partial charge in [0.05, 0.1) is 11.7 Å². The molecule has 0 radical (unpaired) electrons. The van der Waals surface area contributed by atoms with Crippen LogP contribution in [0.2, 0.25) is 0 Å². The molecule has 1 amide bonds. The Morgan fingerprint density at radius 1 is 1.42 bits per heavy atom. The molecule has 0 saturated heterocycles. The molecule has 0 aromatic rings. The topological polar surface area (TPSA) is 78.3 Å². The summed E-state index contributed by atoms with van der Waals surface area (Å²) in [6, 6.07) is -0.732. The first kappa shape index (κ1) is 11.4. The first-order valence-corrected chi connectivity index (χ1v) is 3.97. The van der Waals surface area contributed by atoms with E-state index in [1.807, 2.05) is 20.8 Å². The molecular weight excluding hydrogens is 156 g/mol. The number of nitrogens with two attached hydrogens (primary N) is 2. The number of amides is 1. The van der Waals surface area contributed by atoms with Gasteiger partial charge < -0.3 is 16.2 Å². The van der Waals surface area contributed by atoms with E-state index in [1.54, 1.807) is 6.92 Å². The van der Waals surface area contributed by atoms with Crippen LogP contribution in [0.25, 0.3) is 0 Å². The van der Waals surface area contributed by atoms with Gasteiger partial charge in [0.25, 0.3) is 0 Å². The molecule has 0 bridgehead atoms. The van der Waals surface area contributed by atoms with Crippen molar-refractivity contribution in [1.82, 2.24) is 0 Å². The molecule has 0 rings (SSSR count). The van der Waals surface area contributed by atoms with E-state index in [4.69, 9.17) is 16.2 Å². The van der Waals surface area contributed by atoms with Crippen molar-refractivity contribution in [1.29, 1.82) is 0 Å². The lowest BCUT2D eigenvalue weighted by atomic mass is 10.1. The predicted molar refractivity (Wildman–Crippen MR) is 47.5 cm³/mol. The minimum Gasteiger partial charge on any atom is -0.371 e. The highest BCUT2D eigenvalue weighted by atomic mass is 16.5. The standard InChI is InChI=1S/C8H18N2O2/c1-5(6(9)7(10)11)12-8(2,3)4/h5-6H,9H2,1-4H3,(H2,10,11). The maximum absolute atomic E-state index is 10.6. The molecule has 0 aliphatic heterocycles. The summed E-state index contributed by atoms with van der Waals surface area (Å²) in [6.07, 6.45) is -0.345. The summed E-state index contributed by atoms with van der Waals surface area (Å²) in [5, 5.41) is 0. The van der Waals surface area contributed by atoms with Gasteiger partial charge in [0.2, 0.25) is 5.91 Å². The zero-order chi connectivity index (χ0) is 9.94. The number of carbonyl (C=O) groups excluding carboxylic acids is 1. The van der Waals surface area contributed by atoms with Crippen LogP contribution in [0, 0.1) is 0 Å². The summed E-state index contributed by atoms with van der Waals surface area (Å²) in [4.78, 5) is 10.6. The first-order chi connectivity index (χ1) is 5.24. The Balaban J connectivity index is 4.04. The van der Waals surface area contributed by atoms with Gasteiger partial charge in [0, 0.05) is 0 Å². The lowest BCUT2D eigenvalue weighted by molar-refractivity contribution is -0.126. The Hall–Kier alpha value is -0.610. The van der Waals surface area contributed by atoms with Crippen LogP contribution in [0.5, 0.6) is 0 Å². The van der Waals surface area contributed by atoms with Crippen molar-refractivity contribution in [2.24, 2.45) is 11.5 Å². The zero-order valence-corrected chi connectivity index (χ0v) is 8.13. The third-order valence-corrected chi connectivity index (χ3v) is 1.37. The van der Waals surface area contributed by atoms with Crippen LogP contribution < -0.4 is 11.5 Å². The average molecular weight is 174 g/mol. The Labute approximate surface area is 73.2 Å². The highest BCUT2D eigenvalue weighted by Crippen LogP contribution is 2.11. The van der Waals surface area contributed by atoms with Crippen molar-refractivity contribution in [3.05, 3.63) is 0 Å². The normalized spacial score (nSPS) is 17.1. The number of ether oxygens (including phenoxy) is 1. The fourth-order valence-electron chi connectivity index (χ4n) is 0.862. The van der Waals surface area contributed by atoms with E-state index in [-0.39, 0.29) is 11.7 Å². The molecule has 4 heteroatoms. The van der Waals surface area contributed by atoms with Gasteiger partial charge in [-0.1, -0.05) is 0 Å². The summed E-state index contributed by atoms with van der Waals surface area (Å²) in [5.41, 5.74) is 10.2. The predicted octanol–water partition coefficient (Wildman–Crippen LogP) is 0.00260. The van der Waals surface area contributed by atoms with E-state index in [0.29, 0.717) is 0 Å². The van der Waals surface area contributed by atoms with Crippen molar-refractivity contribution < 1.29 is 9.53 Å². The monoisotopic (exact) mass is 174 g/mol. The zero-order valence-electron chi connectivity index (χ0n) is 8.13. The van der Waals surface area contributed by atoms with Gasteiger partial charge in [0.15, 0.2) is 0 Å². The first-order valence-electron chi connectivity index (χ1n) is 3.97. The fraction of sp³-hybridized carbons (Fsp3) is 0.875. The van der Waals surface area contributed by atoms with E-state index in [2.05, 4.69) is 0 Å². The molecule has 4 nitrogen and oxygen atoms in total. The molecule has 0 aromatic heterocycles. The number of rotatable bonds is 3. The lowest BCUT2D eigenvalue weighted by Crippen LogP contribution is -2.47. The Morgan fingerprint density at radius 3 is 2.08 bits per heavy atom. The molecule has 2 atom stereocenters. The largest absolute Gasteiger partial charge is 0.371 e. The maximum atomic E-state index is 10.6. The van der Waals surface area contributed by atoms with E-state index in [0.717, 1.165) is 0 Å². The minimum atomic E-state index is -0.732. The van der Waals surface area contributed by atoms with E-state index in [1.165, 1.54) is 0 Å². The van der Waals surface area contributed by atoms with Crippen molar-refractivity contribution in [2.75, 3.05) is 0 Å². The van der Waals surface area contributed by atoms with Gasteiger partial charge in [0.1, 0.15) is 6.04 Å². The quantitative estimate of drug-likeness (QED) is 0.632. The third-order valence-electron chi connectivity index (χ3n) is 1.37. The van der Waals surface area contributed by atoms with E-state index < -0.39 is 11.9 Å². The molecule has 0 aliphatic rings. The third kappa shape index (κ3) is 4.31. The molecule has 0 fully saturated rings. The smallest absolute Gasteiger partial charge is 0.237 e. The van der Waals surface area contributed by atoms with Crippen molar-refractivity contribution >= 4 is 5.91 Å². The Bertz CT molecular complexity index is 163. The highest BCUT2D eigenvalue weighted by Gasteiger charge is 2.23. The SMILES string of the molecule is CC(OC(C)(C)C)C(N)C(N)=O. The second-order valence-electron chi connectivity index (χ2n) is 3.86. The second kappa shape index (κ2) is 3.87. The van der Waals surface area contributed by atoms with Crippen LogP contribution in [-0.2, 0) is 9.53 Å². The van der Waals surface area contributed by atoms with Crippen LogP contribution in [-0.4, -0.2) is 23.7 Å². The molecular formula is C8H18N2O2. The maximum Gasteiger partial charge on any atom is 0.237 e. The number of hydrogen-bond donors (Lipinski definition) is 2. The van der Waals surface area contributed by atoms with Crippen LogP contribution in [0.15, 0.2) is 0 Å². The fourth-order valence-corrected chi connectivity index (χ4v) is 0.862. The average Bonchev–Trinajstić information content (AvgIpc) is 1.82. The van der Waals surface area contributed by atoms with Crippen LogP contribution in [0.1, 0.15) is 27.7 Å². The minimum absolute atomic E-state index is 0.299. The van der Waals surface area contributed by atoms with Crippen LogP contribution in [0.4, 0.5) is 0 Å². The molecule has 2 unspecified atom stereocenters. The molecule has 0 aliphatic carbocycles. The van der Waals surface area contributed by atoms with Crippen molar-refractivity contribution in [3.63, 3.8) is 0 Å². The van der Waals surface area contributed by atoms with Gasteiger partial charge in [-0.3, -0.25) is 4.79 Å². The molecule has 12 heavy (non-hydrogen) atoms. The van der Waals surface area contributed by atoms with Crippen LogP contribution in [0.3, 0.4) is 0 Å². The molecule has 0 saturated carbocycles. The molecule has 4 N–H and O–H groups in total. The molecule has 72 valence electrons. The van der Waals surface area contributed by atoms with Gasteiger partial charge in [-0.25, -0.2) is 0 Å². The Kier molecular flexibility index (Phi) is 3.67. The van der Waals surface area contributed by atoms with Crippen molar-refractivity contribution in [2.45, 2.75) is 45.4 Å². The lowest BCUT2D eigenvalue weighted by Gasteiger charge is -2.27. The van der Waals surface area contributed by atoms with Gasteiger partial charge >= 0.3 is 0 Å². The molecule has 0 heterocycles. The van der Waals surface area contributed by atoms with Gasteiger partial charge in [-0.2, -0.15) is 0 Å². The van der Waals surface area contributed by atoms with Crippen LogP contribution >= 0.6 is 0 Å². The van der Waals surface area contributed by atoms with Gasteiger partial charge in [-0.15, -0.1) is 0 Å². The number of primary amides is 1. The second-order valence-corrected chi connectivity index (χ2v) is 3.86. The summed E-state index contributed by atoms with van der Waals surface area (Å²) in [7, 11) is 0. The summed E-state index contributed by atoms with van der Waals surface area (Å²) < 4.78 is 5.43.